The quantitative estimate of drug-likeness (QED) is 0.189. The van der Waals surface area contributed by atoms with Crippen molar-refractivity contribution in [1.29, 1.82) is 0 Å². The predicted molar refractivity (Wildman–Crippen MR) is 181 cm³/mol. The predicted octanol–water partition coefficient (Wildman–Crippen LogP) is 11.6. The normalized spacial score (nSPS) is 14.1. The van der Waals surface area contributed by atoms with Gasteiger partial charge >= 0.3 is 0 Å². The second-order valence-corrected chi connectivity index (χ2v) is 12.1. The zero-order valence-corrected chi connectivity index (χ0v) is 23.7. The van der Waals surface area contributed by atoms with Crippen molar-refractivity contribution in [3.8, 4) is 0 Å². The van der Waals surface area contributed by atoms with Crippen molar-refractivity contribution in [2.24, 2.45) is 0 Å². The van der Waals surface area contributed by atoms with E-state index in [9.17, 15) is 0 Å². The Kier molecular flexibility index (Phi) is 4.73. The van der Waals surface area contributed by atoms with Crippen LogP contribution in [0.3, 0.4) is 0 Å². The van der Waals surface area contributed by atoms with Crippen LogP contribution < -0.4 is 4.90 Å². The summed E-state index contributed by atoms with van der Waals surface area (Å²) in [5, 5.41) is 13.1. The summed E-state index contributed by atoms with van der Waals surface area (Å²) in [6, 6.07) is 51.7. The molecule has 0 saturated carbocycles. The smallest absolute Gasteiger partial charge is 0.0502 e. The van der Waals surface area contributed by atoms with E-state index in [1.54, 1.807) is 0 Å². The van der Waals surface area contributed by atoms with Crippen molar-refractivity contribution in [1.82, 2.24) is 0 Å². The third-order valence-electron chi connectivity index (χ3n) is 9.59. The third kappa shape index (κ3) is 3.03. The van der Waals surface area contributed by atoms with Gasteiger partial charge in [-0.15, -0.1) is 0 Å². The SMILES string of the molecule is CC1(C)c2ccccc2N(c2ccc3c4ccccc4c4c5ccccc5c5ccccc5c4c3c2)c2ccccc21. The monoisotopic (exact) mass is 535 g/mol. The Morgan fingerprint density at radius 2 is 0.762 bits per heavy atom. The molecule has 0 radical (unpaired) electrons. The molecule has 0 amide bonds. The minimum Gasteiger partial charge on any atom is -0.310 e. The summed E-state index contributed by atoms with van der Waals surface area (Å²) >= 11 is 0. The summed E-state index contributed by atoms with van der Waals surface area (Å²) in [5.41, 5.74) is 6.30. The first kappa shape index (κ1) is 23.6. The van der Waals surface area contributed by atoms with Gasteiger partial charge in [0.1, 0.15) is 0 Å². The Bertz CT molecular complexity index is 2330. The molecule has 1 heteroatoms. The highest BCUT2D eigenvalue weighted by Gasteiger charge is 2.36. The summed E-state index contributed by atoms with van der Waals surface area (Å²) in [6.45, 7) is 4.69. The lowest BCUT2D eigenvalue weighted by Gasteiger charge is -2.42. The fourth-order valence-electron chi connectivity index (χ4n) is 7.70. The molecule has 8 aromatic carbocycles. The van der Waals surface area contributed by atoms with E-state index in [1.165, 1.54) is 82.1 Å². The largest absolute Gasteiger partial charge is 0.310 e. The highest BCUT2D eigenvalue weighted by atomic mass is 15.2. The number of hydrogen-bond donors (Lipinski definition) is 0. The molecule has 198 valence electrons. The summed E-state index contributed by atoms with van der Waals surface area (Å²) < 4.78 is 0. The van der Waals surface area contributed by atoms with E-state index in [4.69, 9.17) is 0 Å². The highest BCUT2D eigenvalue weighted by Crippen LogP contribution is 2.52. The van der Waals surface area contributed by atoms with Gasteiger partial charge in [0.15, 0.2) is 0 Å². The topological polar surface area (TPSA) is 3.24 Å². The number of fused-ring (bicyclic) bond motifs is 13. The van der Waals surface area contributed by atoms with E-state index < -0.39 is 0 Å². The van der Waals surface area contributed by atoms with Crippen molar-refractivity contribution >= 4 is 70.9 Å². The van der Waals surface area contributed by atoms with Crippen LogP contribution in [0.5, 0.6) is 0 Å². The average Bonchev–Trinajstić information content (AvgIpc) is 3.05. The number of anilines is 3. The first-order valence-corrected chi connectivity index (χ1v) is 14.8. The third-order valence-corrected chi connectivity index (χ3v) is 9.59. The minimum absolute atomic E-state index is 0.0848. The number of rotatable bonds is 1. The molecule has 0 saturated heterocycles. The molecule has 0 N–H and O–H groups in total. The van der Waals surface area contributed by atoms with Crippen LogP contribution in [0.1, 0.15) is 25.0 Å². The Labute approximate surface area is 245 Å². The molecule has 1 heterocycles. The molecular formula is C41H29N. The lowest BCUT2D eigenvalue weighted by molar-refractivity contribution is 0.632. The fourth-order valence-corrected chi connectivity index (χ4v) is 7.70. The minimum atomic E-state index is -0.0848. The van der Waals surface area contributed by atoms with Gasteiger partial charge in [0.2, 0.25) is 0 Å². The molecule has 42 heavy (non-hydrogen) atoms. The Hall–Kier alpha value is -5.14. The maximum atomic E-state index is 2.47. The maximum absolute atomic E-state index is 2.47. The molecule has 1 aliphatic heterocycles. The van der Waals surface area contributed by atoms with Crippen LogP contribution in [0.2, 0.25) is 0 Å². The summed E-state index contributed by atoms with van der Waals surface area (Å²) in [4.78, 5) is 2.47. The standard InChI is InChI=1S/C41H29N/c1-41(2)35-19-9-11-21-37(35)42(38-22-12-10-20-36(38)41)26-23-24-30-29-15-5-7-17-32(29)39-31-16-6-3-13-27(31)28-14-4-8-18-33(28)40(39)34(30)25-26/h3-25H,1-2H3. The zero-order valence-electron chi connectivity index (χ0n) is 23.7. The van der Waals surface area contributed by atoms with Gasteiger partial charge in [-0.05, 0) is 89.3 Å². The first-order chi connectivity index (χ1) is 20.6. The molecule has 1 nitrogen and oxygen atoms in total. The number of benzene rings is 8. The second-order valence-electron chi connectivity index (χ2n) is 12.1. The van der Waals surface area contributed by atoms with Gasteiger partial charge < -0.3 is 4.90 Å². The van der Waals surface area contributed by atoms with Crippen LogP contribution in [0.25, 0.3) is 53.9 Å². The van der Waals surface area contributed by atoms with E-state index in [0.717, 1.165) is 0 Å². The molecule has 0 atom stereocenters. The van der Waals surface area contributed by atoms with Gasteiger partial charge in [0.25, 0.3) is 0 Å². The molecular weight excluding hydrogens is 506 g/mol. The van der Waals surface area contributed by atoms with Crippen LogP contribution in [-0.2, 0) is 5.41 Å². The second kappa shape index (κ2) is 8.44. The van der Waals surface area contributed by atoms with Gasteiger partial charge in [-0.1, -0.05) is 129 Å². The molecule has 0 spiro atoms. The Balaban J connectivity index is 1.47. The van der Waals surface area contributed by atoms with Crippen LogP contribution >= 0.6 is 0 Å². The summed E-state index contributed by atoms with van der Waals surface area (Å²) in [7, 11) is 0. The number of hydrogen-bond acceptors (Lipinski definition) is 1. The molecule has 0 aromatic heterocycles. The molecule has 0 unspecified atom stereocenters. The van der Waals surface area contributed by atoms with Gasteiger partial charge in [-0.3, -0.25) is 0 Å². The van der Waals surface area contributed by atoms with Gasteiger partial charge in [-0.25, -0.2) is 0 Å². The summed E-state index contributed by atoms with van der Waals surface area (Å²) in [6.07, 6.45) is 0. The average molecular weight is 536 g/mol. The molecule has 0 aliphatic carbocycles. The zero-order chi connectivity index (χ0) is 28.0. The molecule has 0 fully saturated rings. The van der Waals surface area contributed by atoms with Crippen LogP contribution in [-0.4, -0.2) is 0 Å². The van der Waals surface area contributed by atoms with Gasteiger partial charge in [0.05, 0.1) is 11.4 Å². The van der Waals surface area contributed by atoms with Crippen molar-refractivity contribution in [3.05, 3.63) is 151 Å². The lowest BCUT2D eigenvalue weighted by Crippen LogP contribution is -2.30. The highest BCUT2D eigenvalue weighted by molar-refractivity contribution is 6.39. The Morgan fingerprint density at radius 1 is 0.381 bits per heavy atom. The molecule has 1 aliphatic rings. The van der Waals surface area contributed by atoms with Crippen molar-refractivity contribution in [2.75, 3.05) is 4.90 Å². The van der Waals surface area contributed by atoms with E-state index >= 15 is 0 Å². The van der Waals surface area contributed by atoms with E-state index in [0.29, 0.717) is 0 Å². The number of nitrogens with zero attached hydrogens (tertiary/aromatic N) is 1. The van der Waals surface area contributed by atoms with Crippen molar-refractivity contribution in [2.45, 2.75) is 19.3 Å². The molecule has 9 rings (SSSR count). The van der Waals surface area contributed by atoms with E-state index in [1.807, 2.05) is 0 Å². The maximum Gasteiger partial charge on any atom is 0.0502 e. The lowest BCUT2D eigenvalue weighted by atomic mass is 9.73. The van der Waals surface area contributed by atoms with E-state index in [-0.39, 0.29) is 5.41 Å². The van der Waals surface area contributed by atoms with Gasteiger partial charge in [-0.2, -0.15) is 0 Å². The molecule has 8 aromatic rings. The first-order valence-electron chi connectivity index (χ1n) is 14.8. The van der Waals surface area contributed by atoms with Crippen LogP contribution in [0, 0.1) is 0 Å². The fraction of sp³-hybridized carbons (Fsp3) is 0.0732. The Morgan fingerprint density at radius 3 is 1.26 bits per heavy atom. The molecule has 0 bridgehead atoms. The van der Waals surface area contributed by atoms with Crippen LogP contribution in [0.4, 0.5) is 17.1 Å². The van der Waals surface area contributed by atoms with Crippen LogP contribution in [0.15, 0.2) is 140 Å². The van der Waals surface area contributed by atoms with E-state index in [2.05, 4.69) is 158 Å². The summed E-state index contributed by atoms with van der Waals surface area (Å²) in [5.74, 6) is 0. The van der Waals surface area contributed by atoms with Gasteiger partial charge in [0, 0.05) is 11.1 Å². The number of para-hydroxylation sites is 2. The van der Waals surface area contributed by atoms with Crippen molar-refractivity contribution < 1.29 is 0 Å². The van der Waals surface area contributed by atoms with Crippen molar-refractivity contribution in [3.63, 3.8) is 0 Å².